The van der Waals surface area contributed by atoms with Crippen LogP contribution in [-0.4, -0.2) is 25.6 Å². The van der Waals surface area contributed by atoms with Gasteiger partial charge in [0.05, 0.1) is 0 Å². The fourth-order valence-corrected chi connectivity index (χ4v) is 4.25. The number of hydrogen-bond donors (Lipinski definition) is 1. The third-order valence-corrected chi connectivity index (χ3v) is 5.76. The van der Waals surface area contributed by atoms with Gasteiger partial charge >= 0.3 is 0 Å². The first-order chi connectivity index (χ1) is 14.0. The van der Waals surface area contributed by atoms with Crippen LogP contribution in [0.1, 0.15) is 18.1 Å². The quantitative estimate of drug-likeness (QED) is 0.509. The summed E-state index contributed by atoms with van der Waals surface area (Å²) in [4.78, 5) is 27.1. The van der Waals surface area contributed by atoms with Crippen LogP contribution in [-0.2, 0) is 6.42 Å². The lowest BCUT2D eigenvalue weighted by Gasteiger charge is -2.23. The number of aryl methyl sites for hydroxylation is 1. The average Bonchev–Trinajstić information content (AvgIpc) is 3.04. The maximum atomic E-state index is 13.0. The van der Waals surface area contributed by atoms with Gasteiger partial charge in [-0.1, -0.05) is 48.1 Å². The highest BCUT2D eigenvalue weighted by atomic mass is 32.1. The van der Waals surface area contributed by atoms with E-state index in [0.717, 1.165) is 23.4 Å². The molecule has 0 fully saturated rings. The van der Waals surface area contributed by atoms with Crippen molar-refractivity contribution in [1.29, 1.82) is 0 Å². The fraction of sp³-hybridized carbons (Fsp3) is 0.182. The number of rotatable bonds is 2. The molecule has 0 aliphatic carbocycles. The van der Waals surface area contributed by atoms with Crippen molar-refractivity contribution in [2.45, 2.75) is 26.3 Å². The van der Waals surface area contributed by atoms with E-state index in [1.165, 1.54) is 5.56 Å². The second kappa shape index (κ2) is 6.63. The van der Waals surface area contributed by atoms with Gasteiger partial charge in [-0.15, -0.1) is 0 Å². The van der Waals surface area contributed by atoms with Crippen LogP contribution in [0.5, 0.6) is 0 Å². The Morgan fingerprint density at radius 2 is 1.90 bits per heavy atom. The summed E-state index contributed by atoms with van der Waals surface area (Å²) < 4.78 is 2.13. The molecule has 1 N–H and O–H groups in total. The zero-order valence-electron chi connectivity index (χ0n) is 16.1. The van der Waals surface area contributed by atoms with Gasteiger partial charge in [0.25, 0.3) is 5.56 Å². The molecule has 0 amide bonds. The van der Waals surface area contributed by atoms with Gasteiger partial charge < -0.3 is 4.90 Å². The van der Waals surface area contributed by atoms with Crippen molar-refractivity contribution in [1.82, 2.24) is 19.5 Å². The van der Waals surface area contributed by atoms with Crippen LogP contribution in [0.4, 0.5) is 11.6 Å². The third kappa shape index (κ3) is 2.86. The molecule has 29 heavy (non-hydrogen) atoms. The highest BCUT2D eigenvalue weighted by Gasteiger charge is 2.29. The smallest absolute Gasteiger partial charge is 0.264 e. The van der Waals surface area contributed by atoms with Crippen molar-refractivity contribution in [3.05, 3.63) is 81.0 Å². The molecule has 0 unspecified atom stereocenters. The second-order valence-electron chi connectivity index (χ2n) is 7.40. The summed E-state index contributed by atoms with van der Waals surface area (Å²) in [7, 11) is 0. The molecule has 1 atom stereocenters. The summed E-state index contributed by atoms with van der Waals surface area (Å²) in [6.07, 6.45) is 2.53. The molecule has 6 nitrogen and oxygen atoms in total. The van der Waals surface area contributed by atoms with E-state index in [0.29, 0.717) is 21.6 Å². The minimum absolute atomic E-state index is 0.192. The summed E-state index contributed by atoms with van der Waals surface area (Å²) >= 11 is 5.61. The molecule has 7 heteroatoms. The summed E-state index contributed by atoms with van der Waals surface area (Å²) in [5.74, 6) is 0.495. The Hall–Kier alpha value is -3.32. The maximum Gasteiger partial charge on any atom is 0.264 e. The Kier molecular flexibility index (Phi) is 4.06. The predicted molar refractivity (Wildman–Crippen MR) is 117 cm³/mol. The molecule has 2 aromatic carbocycles. The van der Waals surface area contributed by atoms with Crippen molar-refractivity contribution in [3.8, 4) is 5.69 Å². The fourth-order valence-electron chi connectivity index (χ4n) is 3.91. The molecule has 1 aliphatic rings. The number of benzene rings is 2. The first-order valence-corrected chi connectivity index (χ1v) is 9.89. The Morgan fingerprint density at radius 1 is 1.14 bits per heavy atom. The van der Waals surface area contributed by atoms with Gasteiger partial charge in [-0.3, -0.25) is 14.3 Å². The maximum absolute atomic E-state index is 13.0. The van der Waals surface area contributed by atoms with Crippen molar-refractivity contribution >= 4 is 34.9 Å². The highest BCUT2D eigenvalue weighted by Crippen LogP contribution is 2.36. The molecule has 3 heterocycles. The molecule has 0 saturated heterocycles. The molecule has 4 aromatic rings. The molecule has 0 radical (unpaired) electrons. The number of anilines is 2. The normalized spacial score (nSPS) is 15.7. The lowest BCUT2D eigenvalue weighted by Crippen LogP contribution is -2.28. The second-order valence-corrected chi connectivity index (χ2v) is 7.78. The summed E-state index contributed by atoms with van der Waals surface area (Å²) in [5.41, 5.74) is 4.39. The number of H-pyrrole nitrogens is 1. The Labute approximate surface area is 172 Å². The number of fused-ring (bicyclic) bond motifs is 2. The third-order valence-electron chi connectivity index (χ3n) is 5.36. The van der Waals surface area contributed by atoms with Gasteiger partial charge in [-0.2, -0.15) is 4.98 Å². The van der Waals surface area contributed by atoms with Gasteiger partial charge in [-0.05, 0) is 44.0 Å². The zero-order chi connectivity index (χ0) is 20.1. The van der Waals surface area contributed by atoms with E-state index in [2.05, 4.69) is 32.8 Å². The largest absolute Gasteiger partial charge is 0.309 e. The molecule has 0 spiro atoms. The molecular formula is C22H19N5OS. The Bertz CT molecular complexity index is 1360. The molecular weight excluding hydrogens is 382 g/mol. The number of aromatic amines is 1. The lowest BCUT2D eigenvalue weighted by molar-refractivity contribution is 0.739. The monoisotopic (exact) mass is 401 g/mol. The average molecular weight is 401 g/mol. The van der Waals surface area contributed by atoms with Crippen LogP contribution in [0.25, 0.3) is 16.7 Å². The number of hydrogen-bond acceptors (Lipinski definition) is 5. The van der Waals surface area contributed by atoms with E-state index >= 15 is 0 Å². The van der Waals surface area contributed by atoms with E-state index in [1.54, 1.807) is 10.9 Å². The SMILES string of the molecule is Cc1ccc(-n2cnc3nc(N4c5ccccc5C[C@H]4C)[nH]c(=O)c3c2=S)cc1. The van der Waals surface area contributed by atoms with Gasteiger partial charge in [0.1, 0.15) is 16.4 Å². The minimum atomic E-state index is -0.277. The first-order valence-electron chi connectivity index (χ1n) is 9.49. The van der Waals surface area contributed by atoms with E-state index in [9.17, 15) is 4.79 Å². The van der Waals surface area contributed by atoms with Crippen LogP contribution in [0.15, 0.2) is 59.7 Å². The van der Waals surface area contributed by atoms with E-state index < -0.39 is 0 Å². The van der Waals surface area contributed by atoms with Crippen molar-refractivity contribution < 1.29 is 0 Å². The van der Waals surface area contributed by atoms with E-state index in [1.807, 2.05) is 49.4 Å². The molecule has 0 bridgehead atoms. The van der Waals surface area contributed by atoms with Crippen molar-refractivity contribution in [2.24, 2.45) is 0 Å². The van der Waals surface area contributed by atoms with Gasteiger partial charge in [0, 0.05) is 17.4 Å². The zero-order valence-corrected chi connectivity index (χ0v) is 16.9. The highest BCUT2D eigenvalue weighted by molar-refractivity contribution is 7.71. The van der Waals surface area contributed by atoms with Crippen LogP contribution >= 0.6 is 12.2 Å². The van der Waals surface area contributed by atoms with Crippen molar-refractivity contribution in [3.63, 3.8) is 0 Å². The van der Waals surface area contributed by atoms with E-state index in [-0.39, 0.29) is 11.6 Å². The number of para-hydroxylation sites is 1. The molecule has 1 aliphatic heterocycles. The minimum Gasteiger partial charge on any atom is -0.309 e. The number of aromatic nitrogens is 4. The van der Waals surface area contributed by atoms with Gasteiger partial charge in [0.15, 0.2) is 5.65 Å². The lowest BCUT2D eigenvalue weighted by atomic mass is 10.1. The van der Waals surface area contributed by atoms with Crippen LogP contribution in [0.3, 0.4) is 0 Å². The van der Waals surface area contributed by atoms with Crippen LogP contribution in [0.2, 0.25) is 0 Å². The number of nitrogens with one attached hydrogen (secondary N) is 1. The van der Waals surface area contributed by atoms with Crippen LogP contribution < -0.4 is 10.5 Å². The van der Waals surface area contributed by atoms with Crippen LogP contribution in [0, 0.1) is 11.6 Å². The summed E-state index contributed by atoms with van der Waals surface area (Å²) in [6, 6.07) is 16.3. The standard InChI is InChI=1S/C22H19N5OS/c1-13-7-9-16(10-8-13)26-12-23-19-18(21(26)29)20(28)25-22(24-19)27-14(2)11-15-5-3-4-6-17(15)27/h3-10,12,14H,11H2,1-2H3,(H,24,25,28)/t14-/m1/s1. The summed E-state index contributed by atoms with van der Waals surface area (Å²) in [6.45, 7) is 4.14. The molecule has 2 aromatic heterocycles. The molecule has 5 rings (SSSR count). The Balaban J connectivity index is 1.67. The summed E-state index contributed by atoms with van der Waals surface area (Å²) in [5, 5.41) is 0.326. The Morgan fingerprint density at radius 3 is 2.69 bits per heavy atom. The first kappa shape index (κ1) is 17.8. The number of nitrogens with zero attached hydrogens (tertiary/aromatic N) is 4. The molecule has 144 valence electrons. The molecule has 0 saturated carbocycles. The van der Waals surface area contributed by atoms with E-state index in [4.69, 9.17) is 12.2 Å². The predicted octanol–water partition coefficient (Wildman–Crippen LogP) is 4.23. The van der Waals surface area contributed by atoms with Gasteiger partial charge in [-0.25, -0.2) is 4.98 Å². The van der Waals surface area contributed by atoms with Gasteiger partial charge in [0.2, 0.25) is 5.95 Å². The topological polar surface area (TPSA) is 66.8 Å². The van der Waals surface area contributed by atoms with Crippen molar-refractivity contribution in [2.75, 3.05) is 4.90 Å².